The summed E-state index contributed by atoms with van der Waals surface area (Å²) in [4.78, 5) is 13.3. The van der Waals surface area contributed by atoms with Gasteiger partial charge in [0.05, 0.1) is 12.5 Å². The van der Waals surface area contributed by atoms with Gasteiger partial charge in [-0.2, -0.15) is 0 Å². The van der Waals surface area contributed by atoms with E-state index in [-0.39, 0.29) is 11.8 Å². The molecule has 0 aliphatic carbocycles. The van der Waals surface area contributed by atoms with E-state index in [1.54, 1.807) is 0 Å². The fourth-order valence-electron chi connectivity index (χ4n) is 2.75. The number of carboxylic acids is 1. The Kier molecular flexibility index (Phi) is 5.01. The molecule has 1 aliphatic rings. The lowest BCUT2D eigenvalue weighted by atomic mass is 9.99. The first-order chi connectivity index (χ1) is 9.56. The lowest BCUT2D eigenvalue weighted by Crippen LogP contribution is -2.25. The van der Waals surface area contributed by atoms with Gasteiger partial charge in [-0.15, -0.1) is 0 Å². The van der Waals surface area contributed by atoms with Crippen LogP contribution in [-0.4, -0.2) is 42.2 Å². The molecule has 0 amide bonds. The van der Waals surface area contributed by atoms with Crippen molar-refractivity contribution in [2.24, 2.45) is 11.8 Å². The molecule has 0 unspecified atom stereocenters. The molecule has 2 rings (SSSR count). The van der Waals surface area contributed by atoms with Gasteiger partial charge in [0.1, 0.15) is 5.75 Å². The van der Waals surface area contributed by atoms with E-state index < -0.39 is 5.97 Å². The first kappa shape index (κ1) is 14.9. The van der Waals surface area contributed by atoms with Crippen LogP contribution in [-0.2, 0) is 4.79 Å². The van der Waals surface area contributed by atoms with E-state index in [9.17, 15) is 4.79 Å². The van der Waals surface area contributed by atoms with Gasteiger partial charge in [-0.3, -0.25) is 4.79 Å². The maximum absolute atomic E-state index is 11.1. The van der Waals surface area contributed by atoms with Crippen molar-refractivity contribution >= 4 is 5.97 Å². The largest absolute Gasteiger partial charge is 0.494 e. The third kappa shape index (κ3) is 3.97. The van der Waals surface area contributed by atoms with E-state index in [1.165, 1.54) is 5.56 Å². The first-order valence-corrected chi connectivity index (χ1v) is 7.21. The number of hydrogen-bond acceptors (Lipinski definition) is 3. The molecular weight excluding hydrogens is 254 g/mol. The van der Waals surface area contributed by atoms with Crippen LogP contribution in [0.4, 0.5) is 0 Å². The van der Waals surface area contributed by atoms with Crippen LogP contribution in [0.15, 0.2) is 24.3 Å². The molecule has 4 heteroatoms. The summed E-state index contributed by atoms with van der Waals surface area (Å²) in [6, 6.07) is 8.03. The number of hydrogen-bond donors (Lipinski definition) is 1. The van der Waals surface area contributed by atoms with Gasteiger partial charge in [-0.25, -0.2) is 0 Å². The van der Waals surface area contributed by atoms with Crippen LogP contribution < -0.4 is 4.74 Å². The highest BCUT2D eigenvalue weighted by molar-refractivity contribution is 5.71. The Balaban J connectivity index is 1.68. The molecule has 1 saturated heterocycles. The number of carboxylic acid groups (broad SMARTS) is 1. The predicted molar refractivity (Wildman–Crippen MR) is 78.0 cm³/mol. The van der Waals surface area contributed by atoms with Gasteiger partial charge in [0.2, 0.25) is 0 Å². The second-order valence-electron chi connectivity index (χ2n) is 5.70. The molecule has 1 aromatic carbocycles. The van der Waals surface area contributed by atoms with E-state index >= 15 is 0 Å². The van der Waals surface area contributed by atoms with Gasteiger partial charge in [-0.05, 0) is 37.0 Å². The summed E-state index contributed by atoms with van der Waals surface area (Å²) < 4.78 is 5.70. The average Bonchev–Trinajstić information content (AvgIpc) is 2.76. The number of carbonyl (C=O) groups is 1. The highest BCUT2D eigenvalue weighted by Crippen LogP contribution is 2.23. The standard InChI is InChI=1S/C16H23NO3/c1-12-5-3-6-14(9-12)20-8-4-7-17-10-13(2)15(11-17)16(18)19/h3,5-6,9,13,15H,4,7-8,10-11H2,1-2H3,(H,18,19)/t13-,15-/m1/s1. The molecule has 20 heavy (non-hydrogen) atoms. The van der Waals surface area contributed by atoms with Gasteiger partial charge in [-0.1, -0.05) is 19.1 Å². The zero-order valence-electron chi connectivity index (χ0n) is 12.2. The number of rotatable bonds is 6. The SMILES string of the molecule is Cc1cccc(OCCCN2C[C@@H](C)[C@H](C(=O)O)C2)c1. The van der Waals surface area contributed by atoms with Crippen LogP contribution in [0.5, 0.6) is 5.75 Å². The molecule has 1 aliphatic heterocycles. The highest BCUT2D eigenvalue weighted by atomic mass is 16.5. The first-order valence-electron chi connectivity index (χ1n) is 7.21. The molecule has 1 heterocycles. The zero-order chi connectivity index (χ0) is 14.5. The molecule has 1 fully saturated rings. The van der Waals surface area contributed by atoms with Crippen molar-refractivity contribution in [1.29, 1.82) is 0 Å². The molecular formula is C16H23NO3. The van der Waals surface area contributed by atoms with Crippen molar-refractivity contribution in [1.82, 2.24) is 4.90 Å². The van der Waals surface area contributed by atoms with Crippen molar-refractivity contribution in [2.75, 3.05) is 26.2 Å². The van der Waals surface area contributed by atoms with Crippen LogP contribution in [0, 0.1) is 18.8 Å². The Morgan fingerprint density at radius 2 is 2.25 bits per heavy atom. The maximum Gasteiger partial charge on any atom is 0.308 e. The Bertz CT molecular complexity index is 461. The van der Waals surface area contributed by atoms with Crippen LogP contribution in [0.3, 0.4) is 0 Å². The molecule has 0 spiro atoms. The molecule has 1 N–H and O–H groups in total. The Morgan fingerprint density at radius 1 is 1.45 bits per heavy atom. The van der Waals surface area contributed by atoms with Crippen molar-refractivity contribution in [3.8, 4) is 5.75 Å². The van der Waals surface area contributed by atoms with Gasteiger partial charge in [0, 0.05) is 19.6 Å². The van der Waals surface area contributed by atoms with Crippen molar-refractivity contribution in [3.63, 3.8) is 0 Å². The van der Waals surface area contributed by atoms with E-state index in [4.69, 9.17) is 9.84 Å². The lowest BCUT2D eigenvalue weighted by molar-refractivity contribution is -0.142. The summed E-state index contributed by atoms with van der Waals surface area (Å²) >= 11 is 0. The summed E-state index contributed by atoms with van der Waals surface area (Å²) in [5, 5.41) is 9.10. The Hall–Kier alpha value is -1.55. The fraction of sp³-hybridized carbons (Fsp3) is 0.562. The lowest BCUT2D eigenvalue weighted by Gasteiger charge is -2.15. The average molecular weight is 277 g/mol. The van der Waals surface area contributed by atoms with E-state index in [0.29, 0.717) is 13.2 Å². The fourth-order valence-corrected chi connectivity index (χ4v) is 2.75. The monoisotopic (exact) mass is 277 g/mol. The predicted octanol–water partition coefficient (Wildman–Crippen LogP) is 2.42. The molecule has 110 valence electrons. The summed E-state index contributed by atoms with van der Waals surface area (Å²) in [6.45, 7) is 7.18. The van der Waals surface area contributed by atoms with Crippen LogP contribution in [0.2, 0.25) is 0 Å². The number of benzene rings is 1. The minimum Gasteiger partial charge on any atom is -0.494 e. The smallest absolute Gasteiger partial charge is 0.308 e. The van der Waals surface area contributed by atoms with Gasteiger partial charge >= 0.3 is 5.97 Å². The van der Waals surface area contributed by atoms with E-state index in [2.05, 4.69) is 4.90 Å². The molecule has 1 aromatic rings. The van der Waals surface area contributed by atoms with Gasteiger partial charge in [0.25, 0.3) is 0 Å². The quantitative estimate of drug-likeness (QED) is 0.811. The number of nitrogens with zero attached hydrogens (tertiary/aromatic N) is 1. The number of aryl methyl sites for hydroxylation is 1. The molecule has 0 radical (unpaired) electrons. The van der Waals surface area contributed by atoms with Gasteiger partial charge < -0.3 is 14.7 Å². The van der Waals surface area contributed by atoms with Crippen molar-refractivity contribution in [2.45, 2.75) is 20.3 Å². The van der Waals surface area contributed by atoms with Crippen molar-refractivity contribution in [3.05, 3.63) is 29.8 Å². The molecule has 0 bridgehead atoms. The summed E-state index contributed by atoms with van der Waals surface area (Å²) in [7, 11) is 0. The van der Waals surface area contributed by atoms with Crippen LogP contribution in [0.25, 0.3) is 0 Å². The molecule has 4 nitrogen and oxygen atoms in total. The minimum absolute atomic E-state index is 0.215. The van der Waals surface area contributed by atoms with Crippen molar-refractivity contribution < 1.29 is 14.6 Å². The van der Waals surface area contributed by atoms with Crippen LogP contribution >= 0.6 is 0 Å². The summed E-state index contributed by atoms with van der Waals surface area (Å²) in [5.74, 6) is 0.261. The summed E-state index contributed by atoms with van der Waals surface area (Å²) in [6.07, 6.45) is 0.924. The molecule has 0 aromatic heterocycles. The maximum atomic E-state index is 11.1. The second-order valence-corrected chi connectivity index (χ2v) is 5.70. The highest BCUT2D eigenvalue weighted by Gasteiger charge is 2.34. The van der Waals surface area contributed by atoms with Gasteiger partial charge in [0.15, 0.2) is 0 Å². The third-order valence-corrected chi connectivity index (χ3v) is 3.88. The second kappa shape index (κ2) is 6.75. The Labute approximate surface area is 120 Å². The zero-order valence-corrected chi connectivity index (χ0v) is 12.2. The molecule has 2 atom stereocenters. The normalized spacial score (nSPS) is 22.9. The third-order valence-electron chi connectivity index (χ3n) is 3.88. The van der Waals surface area contributed by atoms with Crippen LogP contribution in [0.1, 0.15) is 18.9 Å². The Morgan fingerprint density at radius 3 is 2.90 bits per heavy atom. The van der Waals surface area contributed by atoms with E-state index in [0.717, 1.165) is 25.3 Å². The molecule has 0 saturated carbocycles. The van der Waals surface area contributed by atoms with E-state index in [1.807, 2.05) is 38.1 Å². The number of likely N-dealkylation sites (tertiary alicyclic amines) is 1. The minimum atomic E-state index is -0.670. The summed E-state index contributed by atoms with van der Waals surface area (Å²) in [5.41, 5.74) is 1.19. The number of aliphatic carboxylic acids is 1. The topological polar surface area (TPSA) is 49.8 Å². The number of ether oxygens (including phenoxy) is 1.